The summed E-state index contributed by atoms with van der Waals surface area (Å²) in [6, 6.07) is 13.1. The van der Waals surface area contributed by atoms with E-state index < -0.39 is 5.97 Å². The molecule has 2 aromatic heterocycles. The van der Waals surface area contributed by atoms with Crippen LogP contribution in [-0.4, -0.2) is 51.2 Å². The summed E-state index contributed by atoms with van der Waals surface area (Å²) in [6.45, 7) is 3.34. The molecule has 30 heavy (non-hydrogen) atoms. The van der Waals surface area contributed by atoms with E-state index >= 15 is 0 Å². The Balaban J connectivity index is 1.54. The predicted octanol–water partition coefficient (Wildman–Crippen LogP) is 3.35. The third-order valence-corrected chi connectivity index (χ3v) is 5.35. The molecule has 7 heteroatoms. The summed E-state index contributed by atoms with van der Waals surface area (Å²) < 4.78 is 7.01. The molecular weight excluding hydrogens is 380 g/mol. The fourth-order valence-corrected chi connectivity index (χ4v) is 3.51. The fourth-order valence-electron chi connectivity index (χ4n) is 3.51. The molecule has 0 unspecified atom stereocenters. The lowest BCUT2D eigenvalue weighted by Crippen LogP contribution is -2.40. The van der Waals surface area contributed by atoms with Crippen molar-refractivity contribution in [3.8, 4) is 16.9 Å². The average molecular weight is 404 g/mol. The van der Waals surface area contributed by atoms with Gasteiger partial charge in [-0.3, -0.25) is 9.78 Å². The van der Waals surface area contributed by atoms with Crippen molar-refractivity contribution in [3.63, 3.8) is 0 Å². The minimum atomic E-state index is -0.574. The number of piperidine rings is 1. The standard InChI is InChI=1S/C23H24N4O3/c1-17-9-12-26(13-10-17)21(28)16-30-23(29)20-15-27(19-7-3-2-4-8-19)25-22(20)18-6-5-11-24-14-18/h2-8,11,14-15,17H,9-10,12-13,16H2,1H3. The van der Waals surface area contributed by atoms with Crippen LogP contribution in [0.4, 0.5) is 0 Å². The number of para-hydroxylation sites is 1. The lowest BCUT2D eigenvalue weighted by Gasteiger charge is -2.30. The SMILES string of the molecule is CC1CCN(C(=O)COC(=O)c2cn(-c3ccccc3)nc2-c2cccnc2)CC1. The Morgan fingerprint density at radius 1 is 1.10 bits per heavy atom. The van der Waals surface area contributed by atoms with Gasteiger partial charge in [0, 0.05) is 37.2 Å². The van der Waals surface area contributed by atoms with Gasteiger partial charge >= 0.3 is 5.97 Å². The molecule has 1 saturated heterocycles. The first kappa shape index (κ1) is 19.8. The number of likely N-dealkylation sites (tertiary alicyclic amines) is 1. The Bertz CT molecular complexity index is 1010. The summed E-state index contributed by atoms with van der Waals surface area (Å²) in [7, 11) is 0. The average Bonchev–Trinajstić information content (AvgIpc) is 3.25. The molecule has 3 heterocycles. The van der Waals surface area contributed by atoms with E-state index in [1.807, 2.05) is 36.4 Å². The molecule has 0 aliphatic carbocycles. The summed E-state index contributed by atoms with van der Waals surface area (Å²) >= 11 is 0. The lowest BCUT2D eigenvalue weighted by atomic mass is 9.99. The second kappa shape index (κ2) is 8.90. The van der Waals surface area contributed by atoms with Gasteiger partial charge in [-0.1, -0.05) is 25.1 Å². The molecule has 154 valence electrons. The van der Waals surface area contributed by atoms with Crippen LogP contribution >= 0.6 is 0 Å². The number of hydrogen-bond acceptors (Lipinski definition) is 5. The topological polar surface area (TPSA) is 77.3 Å². The highest BCUT2D eigenvalue weighted by atomic mass is 16.5. The highest BCUT2D eigenvalue weighted by molar-refractivity contribution is 5.97. The molecule has 7 nitrogen and oxygen atoms in total. The van der Waals surface area contributed by atoms with Crippen LogP contribution in [0.25, 0.3) is 16.9 Å². The number of amides is 1. The van der Waals surface area contributed by atoms with E-state index in [1.54, 1.807) is 34.2 Å². The molecule has 0 atom stereocenters. The van der Waals surface area contributed by atoms with E-state index in [9.17, 15) is 9.59 Å². The largest absolute Gasteiger partial charge is 0.452 e. The predicted molar refractivity (Wildman–Crippen MR) is 112 cm³/mol. The molecule has 1 fully saturated rings. The van der Waals surface area contributed by atoms with Gasteiger partial charge < -0.3 is 9.64 Å². The lowest BCUT2D eigenvalue weighted by molar-refractivity contribution is -0.135. The quantitative estimate of drug-likeness (QED) is 0.610. The van der Waals surface area contributed by atoms with Crippen molar-refractivity contribution in [2.45, 2.75) is 19.8 Å². The Morgan fingerprint density at radius 3 is 2.57 bits per heavy atom. The first-order valence-corrected chi connectivity index (χ1v) is 10.1. The molecule has 1 aromatic carbocycles. The number of benzene rings is 1. The zero-order valence-electron chi connectivity index (χ0n) is 16.9. The van der Waals surface area contributed by atoms with Crippen molar-refractivity contribution in [3.05, 3.63) is 66.6 Å². The van der Waals surface area contributed by atoms with E-state index in [1.165, 1.54) is 0 Å². The van der Waals surface area contributed by atoms with Crippen molar-refractivity contribution in [2.24, 2.45) is 5.92 Å². The monoisotopic (exact) mass is 404 g/mol. The third-order valence-electron chi connectivity index (χ3n) is 5.35. The molecule has 3 aromatic rings. The number of hydrogen-bond donors (Lipinski definition) is 0. The minimum Gasteiger partial charge on any atom is -0.452 e. The molecular formula is C23H24N4O3. The maximum absolute atomic E-state index is 12.9. The summed E-state index contributed by atoms with van der Waals surface area (Å²) in [5.74, 6) is -0.106. The van der Waals surface area contributed by atoms with Crippen LogP contribution in [0.1, 0.15) is 30.1 Å². The van der Waals surface area contributed by atoms with E-state index in [0.29, 0.717) is 35.8 Å². The Hall–Kier alpha value is -3.48. The number of ether oxygens (including phenoxy) is 1. The Morgan fingerprint density at radius 2 is 1.87 bits per heavy atom. The van der Waals surface area contributed by atoms with Gasteiger partial charge in [-0.15, -0.1) is 0 Å². The highest BCUT2D eigenvalue weighted by Gasteiger charge is 2.24. The molecule has 1 aliphatic heterocycles. The van der Waals surface area contributed by atoms with Crippen LogP contribution in [-0.2, 0) is 9.53 Å². The highest BCUT2D eigenvalue weighted by Crippen LogP contribution is 2.24. The summed E-state index contributed by atoms with van der Waals surface area (Å²) in [4.78, 5) is 31.2. The van der Waals surface area contributed by atoms with Crippen LogP contribution in [0.15, 0.2) is 61.1 Å². The van der Waals surface area contributed by atoms with Crippen molar-refractivity contribution >= 4 is 11.9 Å². The van der Waals surface area contributed by atoms with Crippen LogP contribution in [0, 0.1) is 5.92 Å². The fraction of sp³-hybridized carbons (Fsp3) is 0.304. The summed E-state index contributed by atoms with van der Waals surface area (Å²) in [6.07, 6.45) is 6.90. The molecule has 0 spiro atoms. The van der Waals surface area contributed by atoms with Gasteiger partial charge in [0.1, 0.15) is 11.3 Å². The number of carbonyl (C=O) groups is 2. The molecule has 1 amide bonds. The van der Waals surface area contributed by atoms with Gasteiger partial charge in [-0.2, -0.15) is 5.10 Å². The van der Waals surface area contributed by atoms with E-state index in [4.69, 9.17) is 4.74 Å². The van der Waals surface area contributed by atoms with Crippen molar-refractivity contribution < 1.29 is 14.3 Å². The summed E-state index contributed by atoms with van der Waals surface area (Å²) in [5, 5.41) is 4.58. The van der Waals surface area contributed by atoms with Crippen molar-refractivity contribution in [1.29, 1.82) is 0 Å². The minimum absolute atomic E-state index is 0.159. The Kier molecular flexibility index (Phi) is 5.88. The molecule has 0 radical (unpaired) electrons. The maximum atomic E-state index is 12.9. The zero-order valence-corrected chi connectivity index (χ0v) is 16.9. The first-order chi connectivity index (χ1) is 14.6. The van der Waals surface area contributed by atoms with E-state index in [0.717, 1.165) is 18.5 Å². The molecule has 4 rings (SSSR count). The molecule has 0 bridgehead atoms. The van der Waals surface area contributed by atoms with Gasteiger partial charge in [-0.25, -0.2) is 9.48 Å². The van der Waals surface area contributed by atoms with Gasteiger partial charge in [-0.05, 0) is 43.0 Å². The van der Waals surface area contributed by atoms with Crippen molar-refractivity contribution in [2.75, 3.05) is 19.7 Å². The number of rotatable bonds is 5. The van der Waals surface area contributed by atoms with Crippen molar-refractivity contribution in [1.82, 2.24) is 19.7 Å². The number of aromatic nitrogens is 3. The second-order valence-corrected chi connectivity index (χ2v) is 7.55. The Labute approximate surface area is 175 Å². The third kappa shape index (κ3) is 4.40. The zero-order chi connectivity index (χ0) is 20.9. The van der Waals surface area contributed by atoms with Gasteiger partial charge in [0.05, 0.1) is 5.69 Å². The van der Waals surface area contributed by atoms with Gasteiger partial charge in [0.15, 0.2) is 6.61 Å². The van der Waals surface area contributed by atoms with E-state index in [-0.39, 0.29) is 12.5 Å². The maximum Gasteiger partial charge on any atom is 0.342 e. The number of pyridine rings is 1. The summed E-state index contributed by atoms with van der Waals surface area (Å²) in [5.41, 5.74) is 2.29. The molecule has 0 saturated carbocycles. The van der Waals surface area contributed by atoms with Crippen LogP contribution in [0.2, 0.25) is 0 Å². The van der Waals surface area contributed by atoms with Crippen LogP contribution in [0.5, 0.6) is 0 Å². The first-order valence-electron chi connectivity index (χ1n) is 10.1. The van der Waals surface area contributed by atoms with Gasteiger partial charge in [0.25, 0.3) is 5.91 Å². The number of nitrogens with zero attached hydrogens (tertiary/aromatic N) is 4. The van der Waals surface area contributed by atoms with Crippen LogP contribution in [0.3, 0.4) is 0 Å². The smallest absolute Gasteiger partial charge is 0.342 e. The van der Waals surface area contributed by atoms with E-state index in [2.05, 4.69) is 17.0 Å². The second-order valence-electron chi connectivity index (χ2n) is 7.55. The number of carbonyl (C=O) groups excluding carboxylic acids is 2. The van der Waals surface area contributed by atoms with Gasteiger partial charge in [0.2, 0.25) is 0 Å². The van der Waals surface area contributed by atoms with Crippen LogP contribution < -0.4 is 0 Å². The molecule has 1 aliphatic rings. The number of esters is 1. The molecule has 0 N–H and O–H groups in total. The normalized spacial score (nSPS) is 14.5.